The Balaban J connectivity index is 2.12. The lowest BCUT2D eigenvalue weighted by Crippen LogP contribution is -2.23. The van der Waals surface area contributed by atoms with E-state index in [0.717, 1.165) is 10.2 Å². The van der Waals surface area contributed by atoms with E-state index in [9.17, 15) is 0 Å². The predicted octanol–water partition coefficient (Wildman–Crippen LogP) is 3.91. The molecule has 2 atom stereocenters. The lowest BCUT2D eigenvalue weighted by atomic mass is 10.0. The van der Waals surface area contributed by atoms with E-state index in [-0.39, 0.29) is 12.1 Å². The molecular formula is C16H22BrN3O. The van der Waals surface area contributed by atoms with E-state index in [1.807, 2.05) is 24.0 Å². The molecule has 0 radical (unpaired) electrons. The largest absolute Gasteiger partial charge is 0.496 e. The molecule has 4 nitrogen and oxygen atoms in total. The molecular weight excluding hydrogens is 330 g/mol. The number of hydrogen-bond donors (Lipinski definition) is 1. The van der Waals surface area contributed by atoms with Crippen LogP contribution in [0, 0.1) is 6.92 Å². The molecule has 0 saturated heterocycles. The fraction of sp³-hybridized carbons (Fsp3) is 0.438. The molecule has 5 heteroatoms. The third kappa shape index (κ3) is 3.47. The Morgan fingerprint density at radius 3 is 2.52 bits per heavy atom. The van der Waals surface area contributed by atoms with Crippen molar-refractivity contribution >= 4 is 15.9 Å². The molecule has 2 aromatic rings. The standard InChI is InChI=1S/C16H22BrN3O/c1-10(13-6-7-16(21-5)15(17)8-13)19-11(2)14-9-18-20(4)12(14)3/h6-11,19H,1-5H3. The summed E-state index contributed by atoms with van der Waals surface area (Å²) in [6.07, 6.45) is 1.93. The second-order valence-corrected chi connectivity index (χ2v) is 6.17. The lowest BCUT2D eigenvalue weighted by molar-refractivity contribution is 0.411. The number of aromatic nitrogens is 2. The number of rotatable bonds is 5. The molecule has 0 amide bonds. The van der Waals surface area contributed by atoms with Gasteiger partial charge in [0.2, 0.25) is 0 Å². The first-order valence-electron chi connectivity index (χ1n) is 7.02. The molecule has 0 fully saturated rings. The molecule has 0 spiro atoms. The van der Waals surface area contributed by atoms with Gasteiger partial charge < -0.3 is 10.1 Å². The summed E-state index contributed by atoms with van der Waals surface area (Å²) in [4.78, 5) is 0. The maximum absolute atomic E-state index is 5.27. The van der Waals surface area contributed by atoms with Gasteiger partial charge in [-0.3, -0.25) is 4.68 Å². The van der Waals surface area contributed by atoms with Gasteiger partial charge in [-0.1, -0.05) is 6.07 Å². The highest BCUT2D eigenvalue weighted by atomic mass is 79.9. The van der Waals surface area contributed by atoms with Gasteiger partial charge in [-0.2, -0.15) is 5.10 Å². The number of ether oxygens (including phenoxy) is 1. The minimum Gasteiger partial charge on any atom is -0.496 e. The van der Waals surface area contributed by atoms with Crippen molar-refractivity contribution in [2.75, 3.05) is 7.11 Å². The Kier molecular flexibility index (Phi) is 5.06. The summed E-state index contributed by atoms with van der Waals surface area (Å²) in [5.74, 6) is 0.849. The van der Waals surface area contributed by atoms with Gasteiger partial charge in [0, 0.05) is 30.4 Å². The zero-order chi connectivity index (χ0) is 15.6. The van der Waals surface area contributed by atoms with Crippen molar-refractivity contribution in [2.24, 2.45) is 7.05 Å². The van der Waals surface area contributed by atoms with Gasteiger partial charge in [-0.05, 0) is 54.4 Å². The third-order valence-electron chi connectivity index (χ3n) is 3.92. The summed E-state index contributed by atoms with van der Waals surface area (Å²) in [5, 5.41) is 7.92. The first-order valence-corrected chi connectivity index (χ1v) is 7.81. The van der Waals surface area contributed by atoms with E-state index in [2.05, 4.69) is 59.2 Å². The van der Waals surface area contributed by atoms with Crippen LogP contribution in [-0.4, -0.2) is 16.9 Å². The fourth-order valence-electron chi connectivity index (χ4n) is 2.45. The van der Waals surface area contributed by atoms with E-state index in [0.29, 0.717) is 0 Å². The molecule has 0 aliphatic heterocycles. The molecule has 0 aliphatic rings. The summed E-state index contributed by atoms with van der Waals surface area (Å²) in [6.45, 7) is 6.42. The third-order valence-corrected chi connectivity index (χ3v) is 4.54. The van der Waals surface area contributed by atoms with E-state index in [4.69, 9.17) is 4.74 Å². The van der Waals surface area contributed by atoms with Gasteiger partial charge in [0.05, 0.1) is 17.8 Å². The molecule has 1 aromatic carbocycles. The molecule has 1 N–H and O–H groups in total. The SMILES string of the molecule is COc1ccc(C(C)NC(C)c2cnn(C)c2C)cc1Br. The lowest BCUT2D eigenvalue weighted by Gasteiger charge is -2.21. The highest BCUT2D eigenvalue weighted by molar-refractivity contribution is 9.10. The molecule has 21 heavy (non-hydrogen) atoms. The Morgan fingerprint density at radius 1 is 1.29 bits per heavy atom. The average molecular weight is 352 g/mol. The Hall–Kier alpha value is -1.33. The maximum Gasteiger partial charge on any atom is 0.133 e. The van der Waals surface area contributed by atoms with Crippen molar-refractivity contribution in [2.45, 2.75) is 32.9 Å². The smallest absolute Gasteiger partial charge is 0.133 e. The van der Waals surface area contributed by atoms with E-state index in [1.165, 1.54) is 16.8 Å². The summed E-state index contributed by atoms with van der Waals surface area (Å²) < 4.78 is 8.15. The zero-order valence-electron chi connectivity index (χ0n) is 13.1. The number of halogens is 1. The van der Waals surface area contributed by atoms with Gasteiger partial charge >= 0.3 is 0 Å². The number of methoxy groups -OCH3 is 1. The van der Waals surface area contributed by atoms with E-state index >= 15 is 0 Å². The fourth-order valence-corrected chi connectivity index (χ4v) is 3.01. The van der Waals surface area contributed by atoms with Crippen molar-refractivity contribution < 1.29 is 4.74 Å². The molecule has 1 heterocycles. The van der Waals surface area contributed by atoms with Gasteiger partial charge in [-0.25, -0.2) is 0 Å². The van der Waals surface area contributed by atoms with E-state index in [1.54, 1.807) is 7.11 Å². The first kappa shape index (κ1) is 16.0. The number of aryl methyl sites for hydroxylation is 1. The van der Waals surface area contributed by atoms with Gasteiger partial charge in [0.1, 0.15) is 5.75 Å². The number of nitrogens with zero attached hydrogens (tertiary/aromatic N) is 2. The number of nitrogens with one attached hydrogen (secondary N) is 1. The second kappa shape index (κ2) is 6.62. The molecule has 0 aliphatic carbocycles. The minimum absolute atomic E-state index is 0.238. The number of benzene rings is 1. The van der Waals surface area contributed by atoms with Crippen molar-refractivity contribution in [3.63, 3.8) is 0 Å². The van der Waals surface area contributed by atoms with Crippen LogP contribution < -0.4 is 10.1 Å². The van der Waals surface area contributed by atoms with Crippen LogP contribution in [0.5, 0.6) is 5.75 Å². The molecule has 1 aromatic heterocycles. The molecule has 0 bridgehead atoms. The van der Waals surface area contributed by atoms with Crippen LogP contribution in [0.15, 0.2) is 28.9 Å². The van der Waals surface area contributed by atoms with Crippen LogP contribution in [0.2, 0.25) is 0 Å². The highest BCUT2D eigenvalue weighted by Crippen LogP contribution is 2.29. The molecule has 2 unspecified atom stereocenters. The first-order chi connectivity index (χ1) is 9.93. The monoisotopic (exact) mass is 351 g/mol. The van der Waals surface area contributed by atoms with Crippen LogP contribution in [0.1, 0.15) is 42.8 Å². The highest BCUT2D eigenvalue weighted by Gasteiger charge is 2.16. The average Bonchev–Trinajstić information content (AvgIpc) is 2.78. The van der Waals surface area contributed by atoms with Crippen LogP contribution in [0.4, 0.5) is 0 Å². The maximum atomic E-state index is 5.27. The molecule has 114 valence electrons. The Labute approximate surface area is 134 Å². The van der Waals surface area contributed by atoms with Crippen LogP contribution >= 0.6 is 15.9 Å². The summed E-state index contributed by atoms with van der Waals surface area (Å²) >= 11 is 3.54. The summed E-state index contributed by atoms with van der Waals surface area (Å²) in [6, 6.07) is 6.65. The Morgan fingerprint density at radius 2 is 2.00 bits per heavy atom. The van der Waals surface area contributed by atoms with Crippen LogP contribution in [0.3, 0.4) is 0 Å². The minimum atomic E-state index is 0.238. The Bertz CT molecular complexity index is 624. The van der Waals surface area contributed by atoms with Crippen molar-refractivity contribution in [3.05, 3.63) is 45.7 Å². The van der Waals surface area contributed by atoms with Gasteiger partial charge in [0.15, 0.2) is 0 Å². The van der Waals surface area contributed by atoms with E-state index < -0.39 is 0 Å². The van der Waals surface area contributed by atoms with Gasteiger partial charge in [-0.15, -0.1) is 0 Å². The van der Waals surface area contributed by atoms with Crippen molar-refractivity contribution in [1.29, 1.82) is 0 Å². The molecule has 2 rings (SSSR count). The molecule has 0 saturated carbocycles. The summed E-state index contributed by atoms with van der Waals surface area (Å²) in [7, 11) is 3.64. The second-order valence-electron chi connectivity index (χ2n) is 5.31. The van der Waals surface area contributed by atoms with Crippen molar-refractivity contribution in [1.82, 2.24) is 15.1 Å². The van der Waals surface area contributed by atoms with Crippen LogP contribution in [-0.2, 0) is 7.05 Å². The topological polar surface area (TPSA) is 39.1 Å². The predicted molar refractivity (Wildman–Crippen MR) is 88.6 cm³/mol. The van der Waals surface area contributed by atoms with Crippen molar-refractivity contribution in [3.8, 4) is 5.75 Å². The van der Waals surface area contributed by atoms with Gasteiger partial charge in [0.25, 0.3) is 0 Å². The summed E-state index contributed by atoms with van der Waals surface area (Å²) in [5.41, 5.74) is 3.64. The number of hydrogen-bond acceptors (Lipinski definition) is 3. The zero-order valence-corrected chi connectivity index (χ0v) is 14.7. The normalized spacial score (nSPS) is 14.0. The quantitative estimate of drug-likeness (QED) is 0.887. The van der Waals surface area contributed by atoms with Crippen LogP contribution in [0.25, 0.3) is 0 Å².